The third-order valence-electron chi connectivity index (χ3n) is 3.56. The maximum absolute atomic E-state index is 13.8. The summed E-state index contributed by atoms with van der Waals surface area (Å²) in [6, 6.07) is 7.81. The highest BCUT2D eigenvalue weighted by molar-refractivity contribution is 9.10. The van der Waals surface area contributed by atoms with E-state index >= 15 is 0 Å². The summed E-state index contributed by atoms with van der Waals surface area (Å²) in [7, 11) is 0. The summed E-state index contributed by atoms with van der Waals surface area (Å²) in [5.74, 6) is 0.297. The third-order valence-corrected chi connectivity index (χ3v) is 4.05. The molecule has 1 fully saturated rings. The second kappa shape index (κ2) is 5.89. The molecular formula is C15H14BrFN2O2. The van der Waals surface area contributed by atoms with E-state index in [9.17, 15) is 9.18 Å². The Hall–Kier alpha value is -1.82. The molecule has 21 heavy (non-hydrogen) atoms. The maximum Gasteiger partial charge on any atom is 0.322 e. The van der Waals surface area contributed by atoms with Gasteiger partial charge in [0.2, 0.25) is 0 Å². The van der Waals surface area contributed by atoms with Gasteiger partial charge in [0, 0.05) is 11.0 Å². The van der Waals surface area contributed by atoms with E-state index in [1.54, 1.807) is 23.3 Å². The van der Waals surface area contributed by atoms with Gasteiger partial charge in [-0.15, -0.1) is 0 Å². The van der Waals surface area contributed by atoms with E-state index in [0.717, 1.165) is 18.6 Å². The fourth-order valence-corrected chi connectivity index (χ4v) is 2.90. The lowest BCUT2D eigenvalue weighted by molar-refractivity contribution is 0.199. The fraction of sp³-hybridized carbons (Fsp3) is 0.267. The van der Waals surface area contributed by atoms with E-state index in [-0.39, 0.29) is 17.8 Å². The van der Waals surface area contributed by atoms with Gasteiger partial charge in [-0.05, 0) is 43.2 Å². The zero-order chi connectivity index (χ0) is 14.8. The highest BCUT2D eigenvalue weighted by Crippen LogP contribution is 2.32. The van der Waals surface area contributed by atoms with E-state index in [2.05, 4.69) is 21.2 Å². The van der Waals surface area contributed by atoms with Crippen molar-refractivity contribution in [3.63, 3.8) is 0 Å². The van der Waals surface area contributed by atoms with Crippen molar-refractivity contribution in [3.8, 4) is 0 Å². The summed E-state index contributed by atoms with van der Waals surface area (Å²) in [4.78, 5) is 14.0. The SMILES string of the molecule is O=C(Nc1ccc(Br)cc1F)N1CCCC1c1ccco1. The molecule has 0 aliphatic carbocycles. The number of carbonyl (C=O) groups excluding carboxylic acids is 1. The zero-order valence-electron chi connectivity index (χ0n) is 11.2. The van der Waals surface area contributed by atoms with Crippen molar-refractivity contribution in [1.29, 1.82) is 0 Å². The monoisotopic (exact) mass is 352 g/mol. The van der Waals surface area contributed by atoms with Crippen molar-refractivity contribution in [2.75, 3.05) is 11.9 Å². The molecule has 1 aliphatic heterocycles. The molecule has 0 saturated carbocycles. The van der Waals surface area contributed by atoms with Crippen LogP contribution in [-0.4, -0.2) is 17.5 Å². The Morgan fingerprint density at radius 2 is 2.29 bits per heavy atom. The number of hydrogen-bond donors (Lipinski definition) is 1. The van der Waals surface area contributed by atoms with E-state index in [4.69, 9.17) is 4.42 Å². The first-order valence-corrected chi connectivity index (χ1v) is 7.50. The highest BCUT2D eigenvalue weighted by Gasteiger charge is 2.32. The van der Waals surface area contributed by atoms with Crippen LogP contribution in [0.5, 0.6) is 0 Å². The van der Waals surface area contributed by atoms with Gasteiger partial charge in [0.15, 0.2) is 0 Å². The van der Waals surface area contributed by atoms with Crippen molar-refractivity contribution >= 4 is 27.6 Å². The Morgan fingerprint density at radius 1 is 1.43 bits per heavy atom. The maximum atomic E-state index is 13.8. The molecule has 0 radical (unpaired) electrons. The number of amides is 2. The molecule has 1 atom stereocenters. The number of halogens is 2. The second-order valence-corrected chi connectivity index (χ2v) is 5.84. The van der Waals surface area contributed by atoms with Crippen LogP contribution in [0.25, 0.3) is 0 Å². The van der Waals surface area contributed by atoms with Crippen LogP contribution in [0, 0.1) is 5.82 Å². The normalized spacial score (nSPS) is 18.0. The van der Waals surface area contributed by atoms with Crippen LogP contribution in [0.1, 0.15) is 24.6 Å². The standard InChI is InChI=1S/C15H14BrFN2O2/c16-10-5-6-12(11(17)9-10)18-15(20)19-7-1-3-13(19)14-4-2-8-21-14/h2,4-6,8-9,13H,1,3,7H2,(H,18,20). The van der Waals surface area contributed by atoms with Gasteiger partial charge in [0.1, 0.15) is 11.6 Å². The Kier molecular flexibility index (Phi) is 3.96. The van der Waals surface area contributed by atoms with Crippen molar-refractivity contribution < 1.29 is 13.6 Å². The smallest absolute Gasteiger partial charge is 0.322 e. The van der Waals surface area contributed by atoms with Gasteiger partial charge in [0.25, 0.3) is 0 Å². The fourth-order valence-electron chi connectivity index (χ4n) is 2.56. The first-order valence-electron chi connectivity index (χ1n) is 6.71. The molecule has 2 aromatic rings. The highest BCUT2D eigenvalue weighted by atomic mass is 79.9. The van der Waals surface area contributed by atoms with Gasteiger partial charge in [0.05, 0.1) is 18.0 Å². The van der Waals surface area contributed by atoms with Crippen molar-refractivity contribution in [2.45, 2.75) is 18.9 Å². The predicted molar refractivity (Wildman–Crippen MR) is 80.5 cm³/mol. The van der Waals surface area contributed by atoms with Gasteiger partial charge in [-0.2, -0.15) is 0 Å². The minimum atomic E-state index is -0.466. The summed E-state index contributed by atoms with van der Waals surface area (Å²) in [6.45, 7) is 0.634. The lowest BCUT2D eigenvalue weighted by atomic mass is 10.2. The summed E-state index contributed by atoms with van der Waals surface area (Å²) < 4.78 is 19.8. The first-order chi connectivity index (χ1) is 10.1. The third kappa shape index (κ3) is 2.95. The van der Waals surface area contributed by atoms with Crippen LogP contribution in [0.15, 0.2) is 45.5 Å². The van der Waals surface area contributed by atoms with E-state index in [1.807, 2.05) is 6.07 Å². The Labute approximate surface area is 130 Å². The molecule has 1 unspecified atom stereocenters. The quantitative estimate of drug-likeness (QED) is 0.861. The number of nitrogens with zero attached hydrogens (tertiary/aromatic N) is 1. The molecule has 1 aliphatic rings. The van der Waals surface area contributed by atoms with Crippen LogP contribution in [0.2, 0.25) is 0 Å². The van der Waals surface area contributed by atoms with Gasteiger partial charge >= 0.3 is 6.03 Å². The average molecular weight is 353 g/mol. The Morgan fingerprint density at radius 3 is 3.00 bits per heavy atom. The first kappa shape index (κ1) is 14.1. The van der Waals surface area contributed by atoms with E-state index < -0.39 is 5.82 Å². The molecule has 0 bridgehead atoms. The second-order valence-electron chi connectivity index (χ2n) is 4.92. The lowest BCUT2D eigenvalue weighted by Gasteiger charge is -2.23. The van der Waals surface area contributed by atoms with Crippen molar-refractivity contribution in [1.82, 2.24) is 4.90 Å². The largest absolute Gasteiger partial charge is 0.467 e. The van der Waals surface area contributed by atoms with Gasteiger partial charge < -0.3 is 14.6 Å². The number of anilines is 1. The van der Waals surface area contributed by atoms with Crippen LogP contribution < -0.4 is 5.32 Å². The number of benzene rings is 1. The van der Waals surface area contributed by atoms with E-state index in [1.165, 1.54) is 12.1 Å². The number of likely N-dealkylation sites (tertiary alicyclic amines) is 1. The van der Waals surface area contributed by atoms with Crippen molar-refractivity contribution in [3.05, 3.63) is 52.6 Å². The van der Waals surface area contributed by atoms with Gasteiger partial charge in [-0.1, -0.05) is 15.9 Å². The zero-order valence-corrected chi connectivity index (χ0v) is 12.8. The van der Waals surface area contributed by atoms with Crippen LogP contribution in [0.3, 0.4) is 0 Å². The summed E-state index contributed by atoms with van der Waals surface area (Å²) in [5.41, 5.74) is 0.174. The van der Waals surface area contributed by atoms with Crippen molar-refractivity contribution in [2.24, 2.45) is 0 Å². The number of nitrogens with one attached hydrogen (secondary N) is 1. The summed E-state index contributed by atoms with van der Waals surface area (Å²) >= 11 is 3.19. The molecule has 3 rings (SSSR count). The number of rotatable bonds is 2. The number of urea groups is 1. The molecule has 6 heteroatoms. The lowest BCUT2D eigenvalue weighted by Crippen LogP contribution is -2.34. The minimum Gasteiger partial charge on any atom is -0.467 e. The summed E-state index contributed by atoms with van der Waals surface area (Å²) in [5, 5.41) is 2.62. The topological polar surface area (TPSA) is 45.5 Å². The van der Waals surface area contributed by atoms with Gasteiger partial charge in [-0.3, -0.25) is 0 Å². The molecule has 1 aromatic carbocycles. The van der Waals surface area contributed by atoms with E-state index in [0.29, 0.717) is 11.0 Å². The predicted octanol–water partition coefficient (Wildman–Crippen LogP) is 4.55. The van der Waals surface area contributed by atoms with Crippen LogP contribution in [-0.2, 0) is 0 Å². The van der Waals surface area contributed by atoms with Crippen LogP contribution in [0.4, 0.5) is 14.9 Å². The van der Waals surface area contributed by atoms with Gasteiger partial charge in [-0.25, -0.2) is 9.18 Å². The number of carbonyl (C=O) groups is 1. The van der Waals surface area contributed by atoms with Crippen LogP contribution >= 0.6 is 15.9 Å². The Bertz CT molecular complexity index is 645. The molecule has 1 aromatic heterocycles. The Balaban J connectivity index is 1.75. The average Bonchev–Trinajstić information content (AvgIpc) is 3.10. The molecule has 1 saturated heterocycles. The minimum absolute atomic E-state index is 0.0847. The molecule has 4 nitrogen and oxygen atoms in total. The molecule has 110 valence electrons. The molecule has 2 heterocycles. The number of hydrogen-bond acceptors (Lipinski definition) is 2. The number of furan rings is 1. The molecule has 1 N–H and O–H groups in total. The molecule has 0 spiro atoms. The molecule has 2 amide bonds. The summed E-state index contributed by atoms with van der Waals surface area (Å²) in [6.07, 6.45) is 3.35. The molecular weight excluding hydrogens is 339 g/mol.